The molecule has 1 heterocycles. The topological polar surface area (TPSA) is 41.0 Å². The second-order valence-corrected chi connectivity index (χ2v) is 7.96. The lowest BCUT2D eigenvalue weighted by molar-refractivity contribution is 0.303. The zero-order valence-electron chi connectivity index (χ0n) is 19.0. The van der Waals surface area contributed by atoms with E-state index in [1.54, 1.807) is 12.2 Å². The molecule has 0 saturated heterocycles. The molecule has 1 aromatic heterocycles. The lowest BCUT2D eigenvalue weighted by atomic mass is 10.1. The maximum atomic E-state index is 13.6. The van der Waals surface area contributed by atoms with E-state index in [0.29, 0.717) is 11.4 Å². The molecule has 170 valence electrons. The third-order valence-electron chi connectivity index (χ3n) is 5.79. The third-order valence-corrected chi connectivity index (χ3v) is 5.79. The van der Waals surface area contributed by atoms with Crippen molar-refractivity contribution in [2.24, 2.45) is 0 Å². The zero-order valence-corrected chi connectivity index (χ0v) is 19.0. The van der Waals surface area contributed by atoms with Crippen LogP contribution in [0.3, 0.4) is 0 Å². The van der Waals surface area contributed by atoms with Crippen molar-refractivity contribution in [3.05, 3.63) is 77.6 Å². The molecular weight excluding hydrogens is 418 g/mol. The summed E-state index contributed by atoms with van der Waals surface area (Å²) in [5.74, 6) is -0.459. The summed E-state index contributed by atoms with van der Waals surface area (Å²) in [6.45, 7) is 8.24. The van der Waals surface area contributed by atoms with E-state index in [9.17, 15) is 8.78 Å². The fourth-order valence-electron chi connectivity index (χ4n) is 3.88. The molecule has 0 aliphatic rings. The first-order chi connectivity index (χ1) is 16.1. The van der Waals surface area contributed by atoms with Crippen LogP contribution in [0.1, 0.15) is 31.7 Å². The molecule has 0 saturated carbocycles. The first kappa shape index (κ1) is 22.8. The van der Waals surface area contributed by atoms with Gasteiger partial charge in [0.2, 0.25) is 0 Å². The largest absolute Gasteiger partial charge is 0.369 e. The molecule has 0 spiro atoms. The highest BCUT2D eigenvalue weighted by Gasteiger charge is 2.09. The van der Waals surface area contributed by atoms with Gasteiger partial charge in [-0.15, -0.1) is 0 Å². The molecule has 1 N–H and O–H groups in total. The monoisotopic (exact) mass is 446 g/mol. The van der Waals surface area contributed by atoms with E-state index < -0.39 is 11.6 Å². The molecular formula is C27H28F2N4. The molecule has 0 aliphatic carbocycles. The zero-order chi connectivity index (χ0) is 23.2. The lowest BCUT2D eigenvalue weighted by Crippen LogP contribution is -2.25. The van der Waals surface area contributed by atoms with Crippen LogP contribution in [-0.4, -0.2) is 41.0 Å². The SMILES string of the molecule is CCN(CC)CCCNc1nc(C=Cc2ccc(F)c(F)c2)nc2cc3ccccc3cc12. The van der Waals surface area contributed by atoms with Crippen molar-refractivity contribution in [3.8, 4) is 0 Å². The van der Waals surface area contributed by atoms with Gasteiger partial charge >= 0.3 is 0 Å². The fourth-order valence-corrected chi connectivity index (χ4v) is 3.88. The van der Waals surface area contributed by atoms with Crippen molar-refractivity contribution in [2.75, 3.05) is 31.5 Å². The molecule has 6 heteroatoms. The molecule has 3 aromatic carbocycles. The number of nitrogens with one attached hydrogen (secondary N) is 1. The number of halogens is 2. The van der Waals surface area contributed by atoms with Crippen LogP contribution >= 0.6 is 0 Å². The van der Waals surface area contributed by atoms with Crippen molar-refractivity contribution in [1.29, 1.82) is 0 Å². The lowest BCUT2D eigenvalue weighted by Gasteiger charge is -2.18. The predicted octanol–water partition coefficient (Wildman–Crippen LogP) is 6.38. The number of benzene rings is 3. The van der Waals surface area contributed by atoms with Crippen molar-refractivity contribution in [2.45, 2.75) is 20.3 Å². The molecule has 0 unspecified atom stereocenters. The second kappa shape index (κ2) is 10.5. The number of anilines is 1. The molecule has 0 amide bonds. The van der Waals surface area contributed by atoms with E-state index in [1.165, 1.54) is 6.07 Å². The van der Waals surface area contributed by atoms with E-state index in [0.717, 1.165) is 72.2 Å². The van der Waals surface area contributed by atoms with Crippen LogP contribution in [0.4, 0.5) is 14.6 Å². The van der Waals surface area contributed by atoms with Gasteiger partial charge in [-0.05, 0) is 72.7 Å². The third kappa shape index (κ3) is 5.52. The van der Waals surface area contributed by atoms with Crippen LogP contribution in [0.25, 0.3) is 33.8 Å². The van der Waals surface area contributed by atoms with Gasteiger partial charge in [-0.3, -0.25) is 0 Å². The number of hydrogen-bond donors (Lipinski definition) is 1. The summed E-state index contributed by atoms with van der Waals surface area (Å²) in [6, 6.07) is 16.1. The summed E-state index contributed by atoms with van der Waals surface area (Å²) >= 11 is 0. The summed E-state index contributed by atoms with van der Waals surface area (Å²) in [5, 5.41) is 6.68. The van der Waals surface area contributed by atoms with Gasteiger partial charge < -0.3 is 10.2 Å². The summed E-state index contributed by atoms with van der Waals surface area (Å²) in [7, 11) is 0. The standard InChI is InChI=1S/C27H28F2N4/c1-3-33(4-2)15-7-14-30-27-22-17-20-8-5-6-9-21(20)18-25(22)31-26(32-27)13-11-19-10-12-23(28)24(29)16-19/h5-6,8-13,16-18H,3-4,7,14-15H2,1-2H3,(H,30,31,32). The Kier molecular flexibility index (Phi) is 7.25. The Morgan fingerprint density at radius 3 is 2.36 bits per heavy atom. The fraction of sp³-hybridized carbons (Fsp3) is 0.259. The van der Waals surface area contributed by atoms with Gasteiger partial charge in [0.15, 0.2) is 17.5 Å². The first-order valence-electron chi connectivity index (χ1n) is 11.4. The normalized spacial score (nSPS) is 11.8. The summed E-state index contributed by atoms with van der Waals surface area (Å²) in [4.78, 5) is 11.8. The van der Waals surface area contributed by atoms with Crippen molar-refractivity contribution >= 4 is 39.6 Å². The van der Waals surface area contributed by atoms with Gasteiger partial charge in [-0.25, -0.2) is 18.7 Å². The predicted molar refractivity (Wildman–Crippen MR) is 133 cm³/mol. The number of nitrogens with zero attached hydrogens (tertiary/aromatic N) is 3. The second-order valence-electron chi connectivity index (χ2n) is 7.96. The Morgan fingerprint density at radius 1 is 0.879 bits per heavy atom. The smallest absolute Gasteiger partial charge is 0.159 e. The van der Waals surface area contributed by atoms with Crippen LogP contribution in [0.5, 0.6) is 0 Å². The van der Waals surface area contributed by atoms with E-state index >= 15 is 0 Å². The van der Waals surface area contributed by atoms with Gasteiger partial charge in [-0.1, -0.05) is 50.3 Å². The molecule has 0 atom stereocenters. The van der Waals surface area contributed by atoms with Crippen LogP contribution in [0, 0.1) is 11.6 Å². The van der Waals surface area contributed by atoms with Gasteiger partial charge in [0, 0.05) is 11.9 Å². The van der Waals surface area contributed by atoms with Gasteiger partial charge in [0.25, 0.3) is 0 Å². The number of fused-ring (bicyclic) bond motifs is 2. The van der Waals surface area contributed by atoms with Crippen LogP contribution in [0.15, 0.2) is 54.6 Å². The highest BCUT2D eigenvalue weighted by atomic mass is 19.2. The van der Waals surface area contributed by atoms with Gasteiger partial charge in [-0.2, -0.15) is 0 Å². The minimum Gasteiger partial charge on any atom is -0.369 e. The molecule has 0 aliphatic heterocycles. The maximum Gasteiger partial charge on any atom is 0.159 e. The molecule has 0 radical (unpaired) electrons. The van der Waals surface area contributed by atoms with Crippen molar-refractivity contribution in [3.63, 3.8) is 0 Å². The quantitative estimate of drug-likeness (QED) is 0.239. The summed E-state index contributed by atoms with van der Waals surface area (Å²) < 4.78 is 26.8. The van der Waals surface area contributed by atoms with Crippen LogP contribution in [-0.2, 0) is 0 Å². The molecule has 4 rings (SSSR count). The Bertz CT molecular complexity index is 1280. The summed E-state index contributed by atoms with van der Waals surface area (Å²) in [5.41, 5.74) is 1.38. The van der Waals surface area contributed by atoms with E-state index in [2.05, 4.69) is 48.3 Å². The van der Waals surface area contributed by atoms with Gasteiger partial charge in [0.05, 0.1) is 5.52 Å². The van der Waals surface area contributed by atoms with E-state index in [-0.39, 0.29) is 0 Å². The average Bonchev–Trinajstić information content (AvgIpc) is 2.83. The van der Waals surface area contributed by atoms with Crippen LogP contribution < -0.4 is 5.32 Å². The minimum absolute atomic E-state index is 0.508. The minimum atomic E-state index is -0.876. The first-order valence-corrected chi connectivity index (χ1v) is 11.4. The maximum absolute atomic E-state index is 13.6. The number of hydrogen-bond acceptors (Lipinski definition) is 4. The van der Waals surface area contributed by atoms with Crippen LogP contribution in [0.2, 0.25) is 0 Å². The van der Waals surface area contributed by atoms with Crippen molar-refractivity contribution < 1.29 is 8.78 Å². The highest BCUT2D eigenvalue weighted by Crippen LogP contribution is 2.27. The molecule has 4 nitrogen and oxygen atoms in total. The Balaban J connectivity index is 1.65. The Morgan fingerprint density at radius 2 is 1.64 bits per heavy atom. The van der Waals surface area contributed by atoms with Crippen molar-refractivity contribution in [1.82, 2.24) is 14.9 Å². The van der Waals surface area contributed by atoms with E-state index in [1.807, 2.05) is 12.1 Å². The van der Waals surface area contributed by atoms with E-state index in [4.69, 9.17) is 9.97 Å². The number of rotatable bonds is 9. The molecule has 4 aromatic rings. The number of aromatic nitrogens is 2. The Hall–Kier alpha value is -3.38. The Labute approximate surface area is 193 Å². The molecule has 0 fully saturated rings. The van der Waals surface area contributed by atoms with Gasteiger partial charge in [0.1, 0.15) is 5.82 Å². The average molecular weight is 447 g/mol. The summed E-state index contributed by atoms with van der Waals surface area (Å²) in [6.07, 6.45) is 4.41. The molecule has 0 bridgehead atoms. The highest BCUT2D eigenvalue weighted by molar-refractivity contribution is 6.01. The molecule has 33 heavy (non-hydrogen) atoms.